The molecular formula is C27H32FN3O2. The molecule has 0 radical (unpaired) electrons. The summed E-state index contributed by atoms with van der Waals surface area (Å²) in [6.45, 7) is 4.21. The van der Waals surface area contributed by atoms with E-state index in [1.807, 2.05) is 25.1 Å². The fraction of sp³-hybridized carbons (Fsp3) is 0.519. The predicted molar refractivity (Wildman–Crippen MR) is 126 cm³/mol. The number of carbonyl (C=O) groups excluding carboxylic acids is 1. The van der Waals surface area contributed by atoms with Crippen LogP contribution in [0.5, 0.6) is 0 Å². The molecule has 5 nitrogen and oxygen atoms in total. The molecule has 0 bridgehead atoms. The van der Waals surface area contributed by atoms with E-state index in [1.54, 1.807) is 12.3 Å². The number of rotatable bonds is 4. The van der Waals surface area contributed by atoms with Crippen molar-refractivity contribution in [2.24, 2.45) is 28.3 Å². The fourth-order valence-corrected chi connectivity index (χ4v) is 7.20. The van der Waals surface area contributed by atoms with Crippen LogP contribution < -0.4 is 5.32 Å². The van der Waals surface area contributed by atoms with Gasteiger partial charge in [0.1, 0.15) is 11.6 Å². The number of halogens is 1. The van der Waals surface area contributed by atoms with Gasteiger partial charge in [-0.3, -0.25) is 4.79 Å². The molecule has 1 heterocycles. The molecule has 174 valence electrons. The smallest absolute Gasteiger partial charge is 0.225 e. The first-order valence-electron chi connectivity index (χ1n) is 12.1. The van der Waals surface area contributed by atoms with Crippen LogP contribution in [0.1, 0.15) is 68.1 Å². The summed E-state index contributed by atoms with van der Waals surface area (Å²) in [6.07, 6.45) is 7.21. The Bertz CT molecular complexity index is 1100. The highest BCUT2D eigenvalue weighted by atomic mass is 19.1. The van der Waals surface area contributed by atoms with E-state index in [0.29, 0.717) is 30.0 Å². The highest BCUT2D eigenvalue weighted by Crippen LogP contribution is 2.62. The number of hydrogen-bond acceptors (Lipinski definition) is 4. The summed E-state index contributed by atoms with van der Waals surface area (Å²) in [7, 11) is 0. The maximum absolute atomic E-state index is 14.5. The van der Waals surface area contributed by atoms with Gasteiger partial charge in [-0.05, 0) is 104 Å². The number of hydrogen-bond donors (Lipinski definition) is 2. The number of aryl methyl sites for hydroxylation is 1. The van der Waals surface area contributed by atoms with Crippen molar-refractivity contribution in [3.8, 4) is 0 Å². The van der Waals surface area contributed by atoms with E-state index in [2.05, 4.69) is 28.4 Å². The second kappa shape index (κ2) is 8.54. The first kappa shape index (κ1) is 22.1. The third-order valence-electron chi connectivity index (χ3n) is 8.64. The highest BCUT2D eigenvalue weighted by molar-refractivity contribution is 5.93. The Labute approximate surface area is 194 Å². The average Bonchev–Trinajstić information content (AvgIpc) is 3.09. The zero-order chi connectivity index (χ0) is 23.2. The first-order valence-corrected chi connectivity index (χ1v) is 12.1. The number of amides is 1. The third kappa shape index (κ3) is 3.83. The van der Waals surface area contributed by atoms with Crippen LogP contribution in [0.4, 0.5) is 10.2 Å². The van der Waals surface area contributed by atoms with Crippen molar-refractivity contribution in [3.05, 3.63) is 59.0 Å². The second-order valence-electron chi connectivity index (χ2n) is 10.4. The summed E-state index contributed by atoms with van der Waals surface area (Å²) in [6, 6.07) is 9.28. The van der Waals surface area contributed by atoms with Crippen molar-refractivity contribution in [1.29, 1.82) is 0 Å². The SMILES string of the molecule is Cc1ccnc(NC(=O)CC[C@@H]2C/C(=N\O)[C@@]3(C)CCC4c5cccc(F)c5CCC4C23)c1. The van der Waals surface area contributed by atoms with Crippen molar-refractivity contribution in [2.45, 2.75) is 64.7 Å². The number of fused-ring (bicyclic) bond motifs is 5. The van der Waals surface area contributed by atoms with Crippen molar-refractivity contribution < 1.29 is 14.4 Å². The van der Waals surface area contributed by atoms with E-state index >= 15 is 0 Å². The molecule has 2 aromatic rings. The molecule has 0 aliphatic heterocycles. The molecule has 3 aliphatic rings. The maximum atomic E-state index is 14.5. The number of nitrogens with one attached hydrogen (secondary N) is 1. The van der Waals surface area contributed by atoms with E-state index in [9.17, 15) is 14.4 Å². The van der Waals surface area contributed by atoms with Gasteiger partial charge in [0.25, 0.3) is 0 Å². The Hall–Kier alpha value is -2.76. The molecule has 3 aliphatic carbocycles. The summed E-state index contributed by atoms with van der Waals surface area (Å²) in [5.74, 6) is 1.84. The fourth-order valence-electron chi connectivity index (χ4n) is 7.20. The van der Waals surface area contributed by atoms with E-state index in [4.69, 9.17) is 0 Å². The van der Waals surface area contributed by atoms with Gasteiger partial charge in [0.15, 0.2) is 0 Å². The van der Waals surface area contributed by atoms with Crippen LogP contribution in [0.15, 0.2) is 41.7 Å². The molecule has 6 heteroatoms. The standard InChI is InChI=1S/C27H32FN3O2/c1-16-11-13-29-24(14-16)30-25(32)9-6-17-15-23(31-33)27(2)12-10-19-18-4-3-5-22(28)20(18)7-8-21(19)26(17)27/h3-5,11,13-14,17,19,21,26,33H,6-10,12,15H2,1-2H3,(H,29,30,32)/b31-23+/t17-,19?,21?,26?,27-/m1/s1. The minimum absolute atomic E-state index is 0.0346. The summed E-state index contributed by atoms with van der Waals surface area (Å²) >= 11 is 0. The van der Waals surface area contributed by atoms with Crippen LogP contribution in [0.3, 0.4) is 0 Å². The number of benzene rings is 1. The monoisotopic (exact) mass is 449 g/mol. The Morgan fingerprint density at radius 1 is 1.33 bits per heavy atom. The van der Waals surface area contributed by atoms with Gasteiger partial charge in [-0.25, -0.2) is 9.37 Å². The Kier molecular flexibility index (Phi) is 5.71. The predicted octanol–water partition coefficient (Wildman–Crippen LogP) is 5.86. The van der Waals surface area contributed by atoms with Crippen molar-refractivity contribution in [1.82, 2.24) is 4.98 Å². The second-order valence-corrected chi connectivity index (χ2v) is 10.4. The zero-order valence-corrected chi connectivity index (χ0v) is 19.4. The normalized spacial score (nSPS) is 31.5. The van der Waals surface area contributed by atoms with Gasteiger partial charge in [0.2, 0.25) is 5.91 Å². The molecule has 5 rings (SSSR count). The minimum atomic E-state index is -0.153. The van der Waals surface area contributed by atoms with E-state index in [-0.39, 0.29) is 23.1 Å². The third-order valence-corrected chi connectivity index (χ3v) is 8.64. The minimum Gasteiger partial charge on any atom is -0.411 e. The van der Waals surface area contributed by atoms with E-state index in [1.165, 1.54) is 5.56 Å². The molecule has 2 N–H and O–H groups in total. The number of anilines is 1. The van der Waals surface area contributed by atoms with Gasteiger partial charge in [0.05, 0.1) is 5.71 Å². The van der Waals surface area contributed by atoms with Crippen LogP contribution in [-0.4, -0.2) is 21.8 Å². The molecule has 1 aromatic carbocycles. The molecule has 2 saturated carbocycles. The van der Waals surface area contributed by atoms with Crippen LogP contribution in [-0.2, 0) is 11.2 Å². The van der Waals surface area contributed by atoms with Crippen LogP contribution in [0.2, 0.25) is 0 Å². The number of carbonyl (C=O) groups is 1. The van der Waals surface area contributed by atoms with Gasteiger partial charge in [-0.1, -0.05) is 24.2 Å². The topological polar surface area (TPSA) is 74.6 Å². The van der Waals surface area contributed by atoms with Crippen molar-refractivity contribution >= 4 is 17.4 Å². The summed E-state index contributed by atoms with van der Waals surface area (Å²) in [5.41, 5.74) is 3.84. The van der Waals surface area contributed by atoms with E-state index in [0.717, 1.165) is 55.4 Å². The Morgan fingerprint density at radius 2 is 2.18 bits per heavy atom. The van der Waals surface area contributed by atoms with Crippen LogP contribution in [0.25, 0.3) is 0 Å². The maximum Gasteiger partial charge on any atom is 0.225 e. The molecule has 33 heavy (non-hydrogen) atoms. The number of aromatic nitrogens is 1. The summed E-state index contributed by atoms with van der Waals surface area (Å²) < 4.78 is 14.5. The summed E-state index contributed by atoms with van der Waals surface area (Å²) in [4.78, 5) is 16.9. The molecule has 1 aromatic heterocycles. The molecule has 1 amide bonds. The molecule has 5 atom stereocenters. The number of nitrogens with zero attached hydrogens (tertiary/aromatic N) is 2. The van der Waals surface area contributed by atoms with Gasteiger partial charge < -0.3 is 10.5 Å². The first-order chi connectivity index (χ1) is 15.9. The van der Waals surface area contributed by atoms with Gasteiger partial charge in [0, 0.05) is 18.0 Å². The van der Waals surface area contributed by atoms with Gasteiger partial charge in [-0.2, -0.15) is 0 Å². The van der Waals surface area contributed by atoms with Crippen molar-refractivity contribution in [2.75, 3.05) is 5.32 Å². The Morgan fingerprint density at radius 3 is 2.97 bits per heavy atom. The molecular weight excluding hydrogens is 417 g/mol. The largest absolute Gasteiger partial charge is 0.411 e. The molecule has 0 spiro atoms. The summed E-state index contributed by atoms with van der Waals surface area (Å²) in [5, 5.41) is 16.5. The lowest BCUT2D eigenvalue weighted by atomic mass is 9.54. The zero-order valence-electron chi connectivity index (χ0n) is 19.4. The van der Waals surface area contributed by atoms with Gasteiger partial charge in [-0.15, -0.1) is 0 Å². The quantitative estimate of drug-likeness (QED) is 0.453. The lowest BCUT2D eigenvalue weighted by molar-refractivity contribution is -0.116. The number of pyridine rings is 1. The molecule has 0 saturated heterocycles. The highest BCUT2D eigenvalue weighted by Gasteiger charge is 2.57. The number of oxime groups is 1. The van der Waals surface area contributed by atoms with E-state index < -0.39 is 0 Å². The Balaban J connectivity index is 1.36. The van der Waals surface area contributed by atoms with Gasteiger partial charge >= 0.3 is 0 Å². The van der Waals surface area contributed by atoms with Crippen molar-refractivity contribution in [3.63, 3.8) is 0 Å². The molecule has 3 unspecified atom stereocenters. The van der Waals surface area contributed by atoms with Crippen LogP contribution in [0, 0.1) is 35.9 Å². The molecule has 2 fully saturated rings. The lowest BCUT2D eigenvalue weighted by Crippen LogP contribution is -2.44. The lowest BCUT2D eigenvalue weighted by Gasteiger charge is -2.50. The average molecular weight is 450 g/mol. The van der Waals surface area contributed by atoms with Crippen LogP contribution >= 0.6 is 0 Å².